The van der Waals surface area contributed by atoms with E-state index in [2.05, 4.69) is 0 Å². The SMILES string of the molecule is CCOC(=O)N1CCCC(CO)C1. The van der Waals surface area contributed by atoms with Crippen molar-refractivity contribution in [3.05, 3.63) is 0 Å². The third kappa shape index (κ3) is 2.88. The zero-order chi connectivity index (χ0) is 9.68. The Kier molecular flexibility index (Phi) is 4.02. The molecule has 0 aromatic rings. The number of carbonyl (C=O) groups excluding carboxylic acids is 1. The summed E-state index contributed by atoms with van der Waals surface area (Å²) in [6.45, 7) is 3.77. The minimum Gasteiger partial charge on any atom is -0.450 e. The van der Waals surface area contributed by atoms with Gasteiger partial charge in [0.15, 0.2) is 0 Å². The average molecular weight is 187 g/mol. The summed E-state index contributed by atoms with van der Waals surface area (Å²) in [5, 5.41) is 8.94. The summed E-state index contributed by atoms with van der Waals surface area (Å²) in [7, 11) is 0. The zero-order valence-corrected chi connectivity index (χ0v) is 8.03. The van der Waals surface area contributed by atoms with E-state index >= 15 is 0 Å². The van der Waals surface area contributed by atoms with Crippen LogP contribution in [0.15, 0.2) is 0 Å². The lowest BCUT2D eigenvalue weighted by Crippen LogP contribution is -2.41. The summed E-state index contributed by atoms with van der Waals surface area (Å²) in [5.41, 5.74) is 0. The highest BCUT2D eigenvalue weighted by molar-refractivity contribution is 5.67. The molecule has 13 heavy (non-hydrogen) atoms. The fourth-order valence-corrected chi connectivity index (χ4v) is 1.59. The van der Waals surface area contributed by atoms with Crippen molar-refractivity contribution < 1.29 is 14.6 Å². The van der Waals surface area contributed by atoms with Crippen molar-refractivity contribution in [1.29, 1.82) is 0 Å². The molecule has 0 aromatic heterocycles. The Balaban J connectivity index is 2.37. The van der Waals surface area contributed by atoms with Gasteiger partial charge in [-0.3, -0.25) is 0 Å². The molecule has 1 heterocycles. The van der Waals surface area contributed by atoms with E-state index in [9.17, 15) is 4.79 Å². The average Bonchev–Trinajstić information content (AvgIpc) is 2.18. The Morgan fingerprint density at radius 2 is 2.46 bits per heavy atom. The first-order chi connectivity index (χ1) is 6.27. The molecule has 1 amide bonds. The minimum absolute atomic E-state index is 0.163. The maximum Gasteiger partial charge on any atom is 0.409 e. The first-order valence-electron chi connectivity index (χ1n) is 4.80. The highest BCUT2D eigenvalue weighted by Crippen LogP contribution is 2.16. The molecular formula is C9H17NO3. The number of likely N-dealkylation sites (tertiary alicyclic amines) is 1. The van der Waals surface area contributed by atoms with Gasteiger partial charge in [0, 0.05) is 19.7 Å². The molecule has 4 heteroatoms. The Bertz CT molecular complexity index is 172. The van der Waals surface area contributed by atoms with Crippen LogP contribution in [0.1, 0.15) is 19.8 Å². The van der Waals surface area contributed by atoms with Gasteiger partial charge < -0.3 is 14.7 Å². The summed E-state index contributed by atoms with van der Waals surface area (Å²) in [4.78, 5) is 13.0. The molecule has 1 aliphatic rings. The van der Waals surface area contributed by atoms with Gasteiger partial charge in [0.2, 0.25) is 0 Å². The Labute approximate surface area is 78.5 Å². The second-order valence-electron chi connectivity index (χ2n) is 3.34. The number of rotatable bonds is 2. The van der Waals surface area contributed by atoms with Crippen LogP contribution in [-0.2, 0) is 4.74 Å². The van der Waals surface area contributed by atoms with Crippen molar-refractivity contribution in [1.82, 2.24) is 4.90 Å². The standard InChI is InChI=1S/C9H17NO3/c1-2-13-9(12)10-5-3-4-8(6-10)7-11/h8,11H,2-7H2,1H3. The molecule has 76 valence electrons. The van der Waals surface area contributed by atoms with Crippen molar-refractivity contribution in [2.75, 3.05) is 26.3 Å². The summed E-state index contributed by atoms with van der Waals surface area (Å²) in [6.07, 6.45) is 1.72. The lowest BCUT2D eigenvalue weighted by atomic mass is 10.00. The van der Waals surface area contributed by atoms with Gasteiger partial charge in [-0.05, 0) is 25.7 Å². The van der Waals surface area contributed by atoms with Crippen LogP contribution in [0.4, 0.5) is 4.79 Å². The monoisotopic (exact) mass is 187 g/mol. The number of ether oxygens (including phenoxy) is 1. The van der Waals surface area contributed by atoms with Crippen LogP contribution >= 0.6 is 0 Å². The van der Waals surface area contributed by atoms with E-state index in [0.29, 0.717) is 13.2 Å². The highest BCUT2D eigenvalue weighted by atomic mass is 16.6. The van der Waals surface area contributed by atoms with Crippen LogP contribution in [-0.4, -0.2) is 42.4 Å². The van der Waals surface area contributed by atoms with Crippen LogP contribution < -0.4 is 0 Å². The van der Waals surface area contributed by atoms with Crippen molar-refractivity contribution in [2.24, 2.45) is 5.92 Å². The van der Waals surface area contributed by atoms with E-state index in [1.54, 1.807) is 11.8 Å². The van der Waals surface area contributed by atoms with Crippen molar-refractivity contribution in [2.45, 2.75) is 19.8 Å². The third-order valence-corrected chi connectivity index (χ3v) is 2.30. The van der Waals surface area contributed by atoms with Crippen molar-refractivity contribution in [3.63, 3.8) is 0 Å². The lowest BCUT2D eigenvalue weighted by molar-refractivity contribution is 0.0762. The van der Waals surface area contributed by atoms with Gasteiger partial charge in [0.1, 0.15) is 0 Å². The van der Waals surface area contributed by atoms with E-state index in [4.69, 9.17) is 9.84 Å². The van der Waals surface area contributed by atoms with Gasteiger partial charge in [-0.15, -0.1) is 0 Å². The number of amides is 1. The largest absolute Gasteiger partial charge is 0.450 e. The fraction of sp³-hybridized carbons (Fsp3) is 0.889. The fourth-order valence-electron chi connectivity index (χ4n) is 1.59. The number of hydrogen-bond donors (Lipinski definition) is 1. The number of piperidine rings is 1. The molecule has 1 saturated heterocycles. The molecule has 1 unspecified atom stereocenters. The molecule has 0 bridgehead atoms. The van der Waals surface area contributed by atoms with Crippen LogP contribution in [0.2, 0.25) is 0 Å². The molecule has 1 aliphatic heterocycles. The molecule has 1 rings (SSSR count). The van der Waals surface area contributed by atoms with E-state index < -0.39 is 0 Å². The van der Waals surface area contributed by atoms with E-state index in [1.165, 1.54) is 0 Å². The summed E-state index contributed by atoms with van der Waals surface area (Å²) < 4.78 is 4.88. The molecule has 1 fully saturated rings. The molecule has 0 saturated carbocycles. The molecular weight excluding hydrogens is 170 g/mol. The normalized spacial score (nSPS) is 22.9. The van der Waals surface area contributed by atoms with Gasteiger partial charge in [0.25, 0.3) is 0 Å². The lowest BCUT2D eigenvalue weighted by Gasteiger charge is -2.30. The predicted octanol–water partition coefficient (Wildman–Crippen LogP) is 0.847. The second-order valence-corrected chi connectivity index (χ2v) is 3.34. The highest BCUT2D eigenvalue weighted by Gasteiger charge is 2.23. The van der Waals surface area contributed by atoms with E-state index in [0.717, 1.165) is 19.4 Å². The number of hydrogen-bond acceptors (Lipinski definition) is 3. The Hall–Kier alpha value is -0.770. The number of aliphatic hydroxyl groups is 1. The van der Waals surface area contributed by atoms with Gasteiger partial charge in [0.05, 0.1) is 6.61 Å². The summed E-state index contributed by atoms with van der Waals surface area (Å²) in [5.74, 6) is 0.234. The van der Waals surface area contributed by atoms with E-state index in [1.807, 2.05) is 0 Å². The van der Waals surface area contributed by atoms with Crippen molar-refractivity contribution >= 4 is 6.09 Å². The van der Waals surface area contributed by atoms with Crippen LogP contribution in [0.25, 0.3) is 0 Å². The molecule has 0 aromatic carbocycles. The molecule has 0 spiro atoms. The van der Waals surface area contributed by atoms with Gasteiger partial charge >= 0.3 is 6.09 Å². The summed E-state index contributed by atoms with van der Waals surface area (Å²) >= 11 is 0. The van der Waals surface area contributed by atoms with Crippen LogP contribution in [0.3, 0.4) is 0 Å². The molecule has 0 aliphatic carbocycles. The maximum atomic E-state index is 11.3. The molecule has 1 atom stereocenters. The quantitative estimate of drug-likeness (QED) is 0.697. The second kappa shape index (κ2) is 5.07. The van der Waals surface area contributed by atoms with Gasteiger partial charge in [-0.2, -0.15) is 0 Å². The number of carbonyl (C=O) groups is 1. The van der Waals surface area contributed by atoms with Crippen molar-refractivity contribution in [3.8, 4) is 0 Å². The Morgan fingerprint density at radius 1 is 1.69 bits per heavy atom. The Morgan fingerprint density at radius 3 is 3.08 bits per heavy atom. The topological polar surface area (TPSA) is 49.8 Å². The third-order valence-electron chi connectivity index (χ3n) is 2.30. The maximum absolute atomic E-state index is 11.3. The predicted molar refractivity (Wildman–Crippen MR) is 48.4 cm³/mol. The molecule has 4 nitrogen and oxygen atoms in total. The molecule has 0 radical (unpaired) electrons. The molecule has 1 N–H and O–H groups in total. The van der Waals surface area contributed by atoms with Crippen LogP contribution in [0, 0.1) is 5.92 Å². The first-order valence-corrected chi connectivity index (χ1v) is 4.80. The smallest absolute Gasteiger partial charge is 0.409 e. The zero-order valence-electron chi connectivity index (χ0n) is 8.03. The van der Waals surface area contributed by atoms with Gasteiger partial charge in [-0.1, -0.05) is 0 Å². The van der Waals surface area contributed by atoms with Gasteiger partial charge in [-0.25, -0.2) is 4.79 Å². The first kappa shape index (κ1) is 10.3. The minimum atomic E-state index is -0.249. The summed E-state index contributed by atoms with van der Waals surface area (Å²) in [6, 6.07) is 0. The number of nitrogens with zero attached hydrogens (tertiary/aromatic N) is 1. The van der Waals surface area contributed by atoms with E-state index in [-0.39, 0.29) is 18.6 Å². The van der Waals surface area contributed by atoms with Crippen LogP contribution in [0.5, 0.6) is 0 Å². The number of aliphatic hydroxyl groups excluding tert-OH is 1.